The van der Waals surface area contributed by atoms with Crippen molar-refractivity contribution in [3.8, 4) is 11.5 Å². The number of ether oxygens (including phenoxy) is 2. The van der Waals surface area contributed by atoms with Crippen molar-refractivity contribution >= 4 is 40.2 Å². The Labute approximate surface area is 233 Å². The first-order valence-electron chi connectivity index (χ1n) is 13.7. The van der Waals surface area contributed by atoms with Crippen LogP contribution in [0.3, 0.4) is 0 Å². The van der Waals surface area contributed by atoms with Crippen molar-refractivity contribution in [2.45, 2.75) is 69.4 Å². The Balaban J connectivity index is 1.53. The molecule has 1 aliphatic carbocycles. The van der Waals surface area contributed by atoms with Crippen LogP contribution in [0.2, 0.25) is 0 Å². The van der Waals surface area contributed by atoms with Crippen molar-refractivity contribution in [1.29, 1.82) is 0 Å². The van der Waals surface area contributed by atoms with Crippen LogP contribution in [0.5, 0.6) is 11.5 Å². The predicted octanol–water partition coefficient (Wildman–Crippen LogP) is 4.65. The predicted molar refractivity (Wildman–Crippen MR) is 150 cm³/mol. The minimum Gasteiger partial charge on any atom is -0.493 e. The second kappa shape index (κ2) is 13.6. The molecule has 1 aromatic carbocycles. The number of benzene rings is 1. The summed E-state index contributed by atoms with van der Waals surface area (Å²) in [6, 6.07) is 2.59. The number of halogens is 3. The number of hydrogen-bond donors (Lipinski definition) is 3. The Bertz CT molecular complexity index is 1120. The summed E-state index contributed by atoms with van der Waals surface area (Å²) in [6.07, 6.45) is 7.52. The summed E-state index contributed by atoms with van der Waals surface area (Å²) >= 11 is 5.50. The smallest absolute Gasteiger partial charge is 0.280 e. The lowest BCUT2D eigenvalue weighted by atomic mass is 9.96. The molecule has 0 spiro atoms. The van der Waals surface area contributed by atoms with Gasteiger partial charge in [0.15, 0.2) is 11.5 Å². The third kappa shape index (κ3) is 7.51. The van der Waals surface area contributed by atoms with Crippen molar-refractivity contribution in [3.05, 3.63) is 12.1 Å². The maximum Gasteiger partial charge on any atom is 0.280 e. The van der Waals surface area contributed by atoms with Gasteiger partial charge in [-0.15, -0.1) is 11.6 Å². The average molecular weight is 569 g/mol. The second-order valence-corrected chi connectivity index (χ2v) is 10.5. The number of amides is 1. The topological polar surface area (TPSA) is 101 Å². The van der Waals surface area contributed by atoms with Gasteiger partial charge in [0.25, 0.3) is 5.92 Å². The number of nitrogens with one attached hydrogen (secondary N) is 3. The molecule has 2 fully saturated rings. The number of nitrogens with zero attached hydrogens (tertiary/aromatic N) is 3. The highest BCUT2D eigenvalue weighted by atomic mass is 35.5. The number of hydrogen-bond acceptors (Lipinski definition) is 8. The quantitative estimate of drug-likeness (QED) is 0.205. The van der Waals surface area contributed by atoms with Crippen LogP contribution in [0.25, 0.3) is 10.9 Å². The van der Waals surface area contributed by atoms with Gasteiger partial charge in [0, 0.05) is 37.1 Å². The molecule has 1 aromatic heterocycles. The molecule has 1 aliphatic heterocycles. The van der Waals surface area contributed by atoms with E-state index in [0.717, 1.165) is 25.7 Å². The van der Waals surface area contributed by atoms with Gasteiger partial charge in [0.1, 0.15) is 11.7 Å². The molecule has 0 radical (unpaired) electrons. The normalized spacial score (nSPS) is 20.3. The van der Waals surface area contributed by atoms with Gasteiger partial charge in [-0.25, -0.2) is 13.8 Å². The van der Waals surface area contributed by atoms with E-state index in [1.165, 1.54) is 27.1 Å². The Morgan fingerprint density at radius 2 is 1.79 bits per heavy atom. The lowest BCUT2D eigenvalue weighted by Crippen LogP contribution is -2.57. The van der Waals surface area contributed by atoms with Crippen molar-refractivity contribution < 1.29 is 23.0 Å². The number of piperidine rings is 1. The average Bonchev–Trinajstić information content (AvgIpc) is 3.22. The van der Waals surface area contributed by atoms with E-state index in [-0.39, 0.29) is 24.4 Å². The van der Waals surface area contributed by atoms with Crippen LogP contribution in [-0.2, 0) is 4.79 Å². The Kier molecular flexibility index (Phi) is 10.2. The monoisotopic (exact) mass is 568 g/mol. The van der Waals surface area contributed by atoms with Crippen LogP contribution in [0.15, 0.2) is 12.1 Å². The fraction of sp³-hybridized carbons (Fsp3) is 0.667. The number of carbonyl (C=O) groups is 1. The number of likely N-dealkylation sites (tertiary alicyclic amines) is 1. The SMILES string of the molecule is COc1cc2nc(NCCCNC(=O)CCl)nc(NC3CCN(C4CCCCCC4)CC3(F)F)c2cc1OC. The summed E-state index contributed by atoms with van der Waals surface area (Å²) in [7, 11) is 3.05. The summed E-state index contributed by atoms with van der Waals surface area (Å²) in [5, 5.41) is 9.47. The molecule has 12 heteroatoms. The van der Waals surface area contributed by atoms with Gasteiger partial charge in [-0.2, -0.15) is 4.98 Å². The molecule has 1 unspecified atom stereocenters. The summed E-state index contributed by atoms with van der Waals surface area (Å²) in [4.78, 5) is 22.5. The van der Waals surface area contributed by atoms with Gasteiger partial charge in [-0.1, -0.05) is 25.7 Å². The third-order valence-electron chi connectivity index (χ3n) is 7.56. The number of fused-ring (bicyclic) bond motifs is 1. The first kappa shape index (κ1) is 29.3. The fourth-order valence-corrected chi connectivity index (χ4v) is 5.55. The fourth-order valence-electron chi connectivity index (χ4n) is 5.45. The lowest BCUT2D eigenvalue weighted by molar-refractivity contribution is -0.118. The number of carbonyl (C=O) groups excluding carboxylic acids is 1. The van der Waals surface area contributed by atoms with Gasteiger partial charge in [-0.3, -0.25) is 9.69 Å². The molecular formula is C27H39ClF2N6O3. The number of aromatic nitrogens is 2. The second-order valence-electron chi connectivity index (χ2n) is 10.2. The molecule has 216 valence electrons. The maximum atomic E-state index is 15.6. The van der Waals surface area contributed by atoms with E-state index in [0.29, 0.717) is 66.6 Å². The van der Waals surface area contributed by atoms with E-state index in [2.05, 4.69) is 25.9 Å². The third-order valence-corrected chi connectivity index (χ3v) is 7.80. The van der Waals surface area contributed by atoms with Crippen LogP contribution in [0.4, 0.5) is 20.5 Å². The summed E-state index contributed by atoms with van der Waals surface area (Å²) in [5.41, 5.74) is 0.530. The zero-order valence-corrected chi connectivity index (χ0v) is 23.5. The van der Waals surface area contributed by atoms with Crippen LogP contribution in [0, 0.1) is 0 Å². The number of alkyl halides is 3. The summed E-state index contributed by atoms with van der Waals surface area (Å²) in [5.74, 6) is -1.71. The van der Waals surface area contributed by atoms with Crippen molar-refractivity contribution in [3.63, 3.8) is 0 Å². The molecule has 39 heavy (non-hydrogen) atoms. The molecule has 9 nitrogen and oxygen atoms in total. The Morgan fingerprint density at radius 1 is 1.08 bits per heavy atom. The number of methoxy groups -OCH3 is 2. The Morgan fingerprint density at radius 3 is 2.46 bits per heavy atom. The molecule has 2 aliphatic rings. The molecule has 2 heterocycles. The van der Waals surface area contributed by atoms with Crippen LogP contribution < -0.4 is 25.4 Å². The molecule has 3 N–H and O–H groups in total. The number of anilines is 2. The minimum atomic E-state index is -2.92. The van der Waals surface area contributed by atoms with Gasteiger partial charge in [-0.05, 0) is 31.7 Å². The molecular weight excluding hydrogens is 530 g/mol. The molecule has 4 rings (SSSR count). The van der Waals surface area contributed by atoms with Gasteiger partial charge in [0.2, 0.25) is 11.9 Å². The highest BCUT2D eigenvalue weighted by molar-refractivity contribution is 6.27. The molecule has 1 saturated carbocycles. The lowest BCUT2D eigenvalue weighted by Gasteiger charge is -2.42. The van der Waals surface area contributed by atoms with E-state index in [1.807, 2.05) is 4.90 Å². The van der Waals surface area contributed by atoms with Crippen molar-refractivity contribution in [2.24, 2.45) is 0 Å². The molecule has 1 atom stereocenters. The van der Waals surface area contributed by atoms with E-state index >= 15 is 8.78 Å². The van der Waals surface area contributed by atoms with E-state index in [4.69, 9.17) is 21.1 Å². The minimum absolute atomic E-state index is 0.0915. The van der Waals surface area contributed by atoms with Crippen molar-refractivity contribution in [2.75, 3.05) is 56.9 Å². The van der Waals surface area contributed by atoms with Crippen LogP contribution in [0.1, 0.15) is 51.4 Å². The highest BCUT2D eigenvalue weighted by Gasteiger charge is 2.46. The molecule has 0 bridgehead atoms. The summed E-state index contributed by atoms with van der Waals surface area (Å²) < 4.78 is 42.0. The molecule has 2 aromatic rings. The van der Waals surface area contributed by atoms with Crippen LogP contribution in [-0.4, -0.2) is 85.1 Å². The summed E-state index contributed by atoms with van der Waals surface area (Å²) in [6.45, 7) is 1.27. The number of rotatable bonds is 11. The zero-order chi connectivity index (χ0) is 27.8. The largest absolute Gasteiger partial charge is 0.493 e. The van der Waals surface area contributed by atoms with E-state index < -0.39 is 12.0 Å². The van der Waals surface area contributed by atoms with E-state index in [9.17, 15) is 4.79 Å². The first-order chi connectivity index (χ1) is 18.8. The highest BCUT2D eigenvalue weighted by Crippen LogP contribution is 2.38. The molecule has 1 saturated heterocycles. The zero-order valence-electron chi connectivity index (χ0n) is 22.7. The maximum absolute atomic E-state index is 15.6. The van der Waals surface area contributed by atoms with Gasteiger partial charge in [0.05, 0.1) is 32.3 Å². The van der Waals surface area contributed by atoms with Crippen molar-refractivity contribution in [1.82, 2.24) is 20.2 Å². The first-order valence-corrected chi connectivity index (χ1v) is 14.3. The van der Waals surface area contributed by atoms with Gasteiger partial charge < -0.3 is 25.4 Å². The Hall–Kier alpha value is -2.66. The standard InChI is InChI=1S/C27H39ClF2N6O3/c1-38-21-14-19-20(15-22(21)39-2)33-26(32-12-7-11-31-24(37)16-28)35-25(19)34-23-10-13-36(17-27(23,29)30)18-8-5-3-4-6-9-18/h14-15,18,23H,3-13,16-17H2,1-2H3,(H,31,37)(H2,32,33,34,35). The molecule has 1 amide bonds. The van der Waals surface area contributed by atoms with E-state index in [1.54, 1.807) is 12.1 Å². The van der Waals surface area contributed by atoms with Crippen LogP contribution >= 0.6 is 11.6 Å². The van der Waals surface area contributed by atoms with Gasteiger partial charge >= 0.3 is 0 Å².